The molecular formula is C13H17NO2. The van der Waals surface area contributed by atoms with Crippen LogP contribution in [0.1, 0.15) is 31.2 Å². The zero-order valence-corrected chi connectivity index (χ0v) is 9.49. The first kappa shape index (κ1) is 11.1. The van der Waals surface area contributed by atoms with Crippen molar-refractivity contribution in [1.82, 2.24) is 5.32 Å². The second-order valence-electron chi connectivity index (χ2n) is 4.30. The van der Waals surface area contributed by atoms with E-state index < -0.39 is 5.54 Å². The molecular weight excluding hydrogens is 202 g/mol. The molecule has 0 amide bonds. The number of ketones is 1. The molecule has 0 heterocycles. The Bertz CT molecular complexity index is 403. The lowest BCUT2D eigenvalue weighted by molar-refractivity contribution is -0.127. The Labute approximate surface area is 95.5 Å². The van der Waals surface area contributed by atoms with Gasteiger partial charge in [-0.2, -0.15) is 0 Å². The van der Waals surface area contributed by atoms with Crippen LogP contribution in [0.3, 0.4) is 0 Å². The minimum atomic E-state index is -0.677. The molecule has 1 aliphatic rings. The predicted octanol–water partition coefficient (Wildman–Crippen LogP) is 1.95. The Morgan fingerprint density at radius 3 is 2.69 bits per heavy atom. The third-order valence-corrected chi connectivity index (χ3v) is 3.47. The molecule has 0 spiro atoms. The van der Waals surface area contributed by atoms with Crippen LogP contribution < -0.4 is 5.32 Å². The normalized spacial score (nSPS) is 25.7. The third kappa shape index (κ3) is 1.61. The van der Waals surface area contributed by atoms with Crippen LogP contribution in [0.5, 0.6) is 5.75 Å². The second kappa shape index (κ2) is 4.26. The molecule has 1 atom stereocenters. The van der Waals surface area contributed by atoms with Crippen LogP contribution in [-0.2, 0) is 10.3 Å². The summed E-state index contributed by atoms with van der Waals surface area (Å²) in [6.07, 6.45) is 3.33. The van der Waals surface area contributed by atoms with Crippen molar-refractivity contribution in [1.29, 1.82) is 0 Å². The van der Waals surface area contributed by atoms with Crippen LogP contribution in [-0.4, -0.2) is 17.9 Å². The van der Waals surface area contributed by atoms with E-state index in [1.165, 1.54) is 0 Å². The van der Waals surface area contributed by atoms with Gasteiger partial charge in [-0.05, 0) is 26.0 Å². The number of Topliss-reactive ketones (excluding diaryl/α,β-unsaturated/α-hetero) is 1. The molecule has 0 bridgehead atoms. The van der Waals surface area contributed by atoms with E-state index in [4.69, 9.17) is 0 Å². The molecule has 1 fully saturated rings. The lowest BCUT2D eigenvalue weighted by Crippen LogP contribution is -2.49. The fourth-order valence-electron chi connectivity index (χ4n) is 2.55. The molecule has 1 aromatic carbocycles. The van der Waals surface area contributed by atoms with Gasteiger partial charge >= 0.3 is 0 Å². The topological polar surface area (TPSA) is 49.3 Å². The highest BCUT2D eigenvalue weighted by molar-refractivity contribution is 5.91. The summed E-state index contributed by atoms with van der Waals surface area (Å²) in [6.45, 7) is 0. The molecule has 0 saturated heterocycles. The van der Waals surface area contributed by atoms with Gasteiger partial charge in [0.15, 0.2) is 5.78 Å². The van der Waals surface area contributed by atoms with E-state index in [0.29, 0.717) is 12.0 Å². The second-order valence-corrected chi connectivity index (χ2v) is 4.30. The SMILES string of the molecule is CN[C@]1(c2ccccc2O)CCCCC1=O. The van der Waals surface area contributed by atoms with Crippen molar-refractivity contribution in [2.75, 3.05) is 7.05 Å². The summed E-state index contributed by atoms with van der Waals surface area (Å²) in [4.78, 5) is 12.1. The smallest absolute Gasteiger partial charge is 0.157 e. The molecule has 1 aromatic rings. The highest BCUT2D eigenvalue weighted by Gasteiger charge is 2.41. The van der Waals surface area contributed by atoms with Crippen LogP contribution in [0.25, 0.3) is 0 Å². The Balaban J connectivity index is 2.48. The van der Waals surface area contributed by atoms with Crippen LogP contribution in [0.2, 0.25) is 0 Å². The number of phenols is 1. The van der Waals surface area contributed by atoms with Crippen molar-refractivity contribution in [3.8, 4) is 5.75 Å². The van der Waals surface area contributed by atoms with Crippen LogP contribution in [0.15, 0.2) is 24.3 Å². The lowest BCUT2D eigenvalue weighted by Gasteiger charge is -2.36. The predicted molar refractivity (Wildman–Crippen MR) is 62.3 cm³/mol. The monoisotopic (exact) mass is 219 g/mol. The molecule has 2 rings (SSSR count). The molecule has 0 unspecified atom stereocenters. The van der Waals surface area contributed by atoms with Gasteiger partial charge in [0.25, 0.3) is 0 Å². The Kier molecular flexibility index (Phi) is 2.97. The van der Waals surface area contributed by atoms with Crippen molar-refractivity contribution in [3.05, 3.63) is 29.8 Å². The van der Waals surface area contributed by atoms with Crippen LogP contribution in [0.4, 0.5) is 0 Å². The van der Waals surface area contributed by atoms with Gasteiger partial charge < -0.3 is 10.4 Å². The lowest BCUT2D eigenvalue weighted by atomic mass is 9.75. The Morgan fingerprint density at radius 1 is 1.31 bits per heavy atom. The maximum absolute atomic E-state index is 12.1. The number of nitrogens with one attached hydrogen (secondary N) is 1. The number of likely N-dealkylation sites (N-methyl/N-ethyl adjacent to an activating group) is 1. The molecule has 1 aliphatic carbocycles. The minimum Gasteiger partial charge on any atom is -0.508 e. The first-order valence-corrected chi connectivity index (χ1v) is 5.71. The first-order valence-electron chi connectivity index (χ1n) is 5.71. The van der Waals surface area contributed by atoms with E-state index in [1.807, 2.05) is 12.1 Å². The van der Waals surface area contributed by atoms with Gasteiger partial charge in [0.1, 0.15) is 11.3 Å². The number of hydrogen-bond donors (Lipinski definition) is 2. The van der Waals surface area contributed by atoms with E-state index in [9.17, 15) is 9.90 Å². The molecule has 2 N–H and O–H groups in total. The number of benzene rings is 1. The largest absolute Gasteiger partial charge is 0.508 e. The fraction of sp³-hybridized carbons (Fsp3) is 0.462. The molecule has 0 radical (unpaired) electrons. The average Bonchev–Trinajstić information content (AvgIpc) is 2.31. The van der Waals surface area contributed by atoms with Gasteiger partial charge in [-0.25, -0.2) is 0 Å². The standard InChI is InChI=1S/C13H17NO2/c1-14-13(9-5-4-8-12(13)16)10-6-2-3-7-11(10)15/h2-3,6-7,14-15H,4-5,8-9H2,1H3/t13-/m0/s1. The van der Waals surface area contributed by atoms with Crippen molar-refractivity contribution in [2.24, 2.45) is 0 Å². The molecule has 3 heteroatoms. The summed E-state index contributed by atoms with van der Waals surface area (Å²) < 4.78 is 0. The summed E-state index contributed by atoms with van der Waals surface area (Å²) in [5.74, 6) is 0.384. The van der Waals surface area contributed by atoms with E-state index in [1.54, 1.807) is 19.2 Å². The highest BCUT2D eigenvalue weighted by atomic mass is 16.3. The van der Waals surface area contributed by atoms with E-state index in [0.717, 1.165) is 19.3 Å². The number of phenolic OH excluding ortho intramolecular Hbond substituents is 1. The first-order chi connectivity index (χ1) is 7.70. The Hall–Kier alpha value is -1.35. The van der Waals surface area contributed by atoms with Crippen LogP contribution >= 0.6 is 0 Å². The maximum atomic E-state index is 12.1. The van der Waals surface area contributed by atoms with E-state index >= 15 is 0 Å². The number of aromatic hydroxyl groups is 1. The summed E-state index contributed by atoms with van der Waals surface area (Å²) in [5.41, 5.74) is 0.0334. The summed E-state index contributed by atoms with van der Waals surface area (Å²) in [7, 11) is 1.79. The van der Waals surface area contributed by atoms with Gasteiger partial charge in [0.2, 0.25) is 0 Å². The summed E-state index contributed by atoms with van der Waals surface area (Å²) in [6, 6.07) is 7.09. The van der Waals surface area contributed by atoms with Gasteiger partial charge in [0.05, 0.1) is 0 Å². The van der Waals surface area contributed by atoms with Crippen molar-refractivity contribution >= 4 is 5.78 Å². The van der Waals surface area contributed by atoms with Gasteiger partial charge in [-0.1, -0.05) is 24.6 Å². The molecule has 3 nitrogen and oxygen atoms in total. The zero-order valence-electron chi connectivity index (χ0n) is 9.49. The van der Waals surface area contributed by atoms with E-state index in [-0.39, 0.29) is 11.5 Å². The molecule has 0 aliphatic heterocycles. The van der Waals surface area contributed by atoms with Crippen molar-refractivity contribution in [3.63, 3.8) is 0 Å². The van der Waals surface area contributed by atoms with Gasteiger partial charge in [-0.15, -0.1) is 0 Å². The fourth-order valence-corrected chi connectivity index (χ4v) is 2.55. The summed E-state index contributed by atoms with van der Waals surface area (Å²) >= 11 is 0. The van der Waals surface area contributed by atoms with Crippen molar-refractivity contribution < 1.29 is 9.90 Å². The Morgan fingerprint density at radius 2 is 2.06 bits per heavy atom. The van der Waals surface area contributed by atoms with Gasteiger partial charge in [-0.3, -0.25) is 4.79 Å². The summed E-state index contributed by atoms with van der Waals surface area (Å²) in [5, 5.41) is 13.0. The highest BCUT2D eigenvalue weighted by Crippen LogP contribution is 2.38. The molecule has 16 heavy (non-hydrogen) atoms. The maximum Gasteiger partial charge on any atom is 0.157 e. The number of para-hydroxylation sites is 1. The number of hydrogen-bond acceptors (Lipinski definition) is 3. The molecule has 0 aromatic heterocycles. The molecule has 86 valence electrons. The minimum absolute atomic E-state index is 0.183. The average molecular weight is 219 g/mol. The number of carbonyl (C=O) groups excluding carboxylic acids is 1. The van der Waals surface area contributed by atoms with E-state index in [2.05, 4.69) is 5.32 Å². The van der Waals surface area contributed by atoms with Crippen molar-refractivity contribution in [2.45, 2.75) is 31.2 Å². The quantitative estimate of drug-likeness (QED) is 0.799. The zero-order chi connectivity index (χ0) is 11.6. The number of rotatable bonds is 2. The third-order valence-electron chi connectivity index (χ3n) is 3.47. The number of carbonyl (C=O) groups is 1. The molecule has 1 saturated carbocycles. The van der Waals surface area contributed by atoms with Crippen LogP contribution in [0, 0.1) is 0 Å². The van der Waals surface area contributed by atoms with Gasteiger partial charge in [0, 0.05) is 12.0 Å².